The number of aryl methyl sites for hydroxylation is 1. The van der Waals surface area contributed by atoms with E-state index in [1.54, 1.807) is 38.1 Å². The highest BCUT2D eigenvalue weighted by molar-refractivity contribution is 9.10. The minimum Gasteiger partial charge on any atom is -0.465 e. The molecule has 132 valence electrons. The number of anilines is 1. The molecule has 0 aliphatic carbocycles. The summed E-state index contributed by atoms with van der Waals surface area (Å²) in [5.41, 5.74) is 1.91. The first kappa shape index (κ1) is 18.7. The van der Waals surface area contributed by atoms with E-state index in [-0.39, 0.29) is 11.3 Å². The molecule has 2 rings (SSSR count). The molecule has 2 aromatic rings. The van der Waals surface area contributed by atoms with Gasteiger partial charge in [0, 0.05) is 15.9 Å². The number of carbonyl (C=O) groups is 3. The Balaban J connectivity index is 1.99. The molecule has 1 aromatic carbocycles. The van der Waals surface area contributed by atoms with Gasteiger partial charge >= 0.3 is 11.9 Å². The number of ether oxygens (including phenoxy) is 2. The number of aromatic nitrogens is 1. The molecular formula is C17H17BrN2O5. The van der Waals surface area contributed by atoms with Crippen LogP contribution in [0.5, 0.6) is 0 Å². The molecule has 25 heavy (non-hydrogen) atoms. The number of carbonyl (C=O) groups excluding carboxylic acids is 3. The molecule has 0 spiro atoms. The zero-order chi connectivity index (χ0) is 18.6. The number of rotatable bonds is 5. The summed E-state index contributed by atoms with van der Waals surface area (Å²) in [5.74, 6) is -1.73. The van der Waals surface area contributed by atoms with Gasteiger partial charge in [0.2, 0.25) is 0 Å². The van der Waals surface area contributed by atoms with E-state index in [0.29, 0.717) is 16.9 Å². The monoisotopic (exact) mass is 408 g/mol. The van der Waals surface area contributed by atoms with E-state index in [0.717, 1.165) is 4.47 Å². The Bertz CT molecular complexity index is 811. The number of esters is 2. The lowest BCUT2D eigenvalue weighted by atomic mass is 10.1. The van der Waals surface area contributed by atoms with Gasteiger partial charge < -0.3 is 19.8 Å². The second kappa shape index (κ2) is 7.98. The van der Waals surface area contributed by atoms with E-state index in [1.165, 1.54) is 7.11 Å². The second-order valence-electron chi connectivity index (χ2n) is 5.25. The number of aromatic amines is 1. The molecule has 0 unspecified atom stereocenters. The molecule has 7 nitrogen and oxygen atoms in total. The Morgan fingerprint density at radius 1 is 1.12 bits per heavy atom. The largest absolute Gasteiger partial charge is 0.465 e. The summed E-state index contributed by atoms with van der Waals surface area (Å²) < 4.78 is 10.6. The van der Waals surface area contributed by atoms with Gasteiger partial charge in [0.15, 0.2) is 6.61 Å². The third kappa shape index (κ3) is 4.48. The second-order valence-corrected chi connectivity index (χ2v) is 6.16. The number of amides is 1. The molecule has 0 saturated carbocycles. The third-order valence-electron chi connectivity index (χ3n) is 3.49. The van der Waals surface area contributed by atoms with E-state index in [4.69, 9.17) is 4.74 Å². The maximum atomic E-state index is 12.2. The fourth-order valence-electron chi connectivity index (χ4n) is 2.30. The zero-order valence-electron chi connectivity index (χ0n) is 13.9. The average Bonchev–Trinajstić information content (AvgIpc) is 2.88. The summed E-state index contributed by atoms with van der Waals surface area (Å²) in [5, 5.41) is 2.61. The number of H-pyrrole nitrogens is 1. The van der Waals surface area contributed by atoms with Crippen LogP contribution in [0.2, 0.25) is 0 Å². The Morgan fingerprint density at radius 3 is 2.36 bits per heavy atom. The Kier molecular flexibility index (Phi) is 5.97. The Labute approximate surface area is 152 Å². The van der Waals surface area contributed by atoms with Crippen LogP contribution in [0.15, 0.2) is 28.7 Å². The summed E-state index contributed by atoms with van der Waals surface area (Å²) in [6.07, 6.45) is 0. The molecule has 0 atom stereocenters. The average molecular weight is 409 g/mol. The number of methoxy groups -OCH3 is 1. The van der Waals surface area contributed by atoms with Crippen LogP contribution in [0.25, 0.3) is 0 Å². The van der Waals surface area contributed by atoms with Crippen LogP contribution in [0.4, 0.5) is 5.69 Å². The van der Waals surface area contributed by atoms with E-state index < -0.39 is 24.5 Å². The van der Waals surface area contributed by atoms with Gasteiger partial charge in [-0.15, -0.1) is 0 Å². The van der Waals surface area contributed by atoms with Crippen LogP contribution in [0.3, 0.4) is 0 Å². The molecule has 8 heteroatoms. The summed E-state index contributed by atoms with van der Waals surface area (Å²) in [7, 11) is 1.26. The molecule has 2 N–H and O–H groups in total. The number of hydrogen-bond acceptors (Lipinski definition) is 5. The van der Waals surface area contributed by atoms with Crippen LogP contribution in [0, 0.1) is 13.8 Å². The topological polar surface area (TPSA) is 97.5 Å². The number of hydrogen-bond donors (Lipinski definition) is 2. The van der Waals surface area contributed by atoms with Crippen LogP contribution in [-0.2, 0) is 14.3 Å². The molecule has 0 radical (unpaired) electrons. The van der Waals surface area contributed by atoms with Crippen molar-refractivity contribution >= 4 is 39.5 Å². The SMILES string of the molecule is COC(=O)c1c(C)[nH]c(C(=O)OCC(=O)Nc2ccc(Br)cc2)c1C. The van der Waals surface area contributed by atoms with Crippen molar-refractivity contribution in [3.63, 3.8) is 0 Å². The van der Waals surface area contributed by atoms with Crippen LogP contribution in [-0.4, -0.2) is 36.5 Å². The molecule has 0 fully saturated rings. The predicted molar refractivity (Wildman–Crippen MR) is 94.7 cm³/mol. The lowest BCUT2D eigenvalue weighted by molar-refractivity contribution is -0.119. The summed E-state index contributed by atoms with van der Waals surface area (Å²) in [6, 6.07) is 6.98. The predicted octanol–water partition coefficient (Wildman–Crippen LogP) is 2.98. The van der Waals surface area contributed by atoms with E-state index in [2.05, 4.69) is 31.0 Å². The lowest BCUT2D eigenvalue weighted by Crippen LogP contribution is -2.21. The van der Waals surface area contributed by atoms with Crippen molar-refractivity contribution in [1.82, 2.24) is 4.98 Å². The van der Waals surface area contributed by atoms with Gasteiger partial charge in [0.05, 0.1) is 12.7 Å². The molecule has 0 aliphatic rings. The van der Waals surface area contributed by atoms with E-state index in [1.807, 2.05) is 0 Å². The maximum Gasteiger partial charge on any atom is 0.355 e. The van der Waals surface area contributed by atoms with Crippen molar-refractivity contribution < 1.29 is 23.9 Å². The van der Waals surface area contributed by atoms with Gasteiger partial charge in [-0.3, -0.25) is 4.79 Å². The van der Waals surface area contributed by atoms with E-state index >= 15 is 0 Å². The third-order valence-corrected chi connectivity index (χ3v) is 4.02. The van der Waals surface area contributed by atoms with Crippen LogP contribution < -0.4 is 5.32 Å². The first-order valence-corrected chi connectivity index (χ1v) is 8.12. The van der Waals surface area contributed by atoms with Crippen LogP contribution in [0.1, 0.15) is 32.1 Å². The quantitative estimate of drug-likeness (QED) is 0.741. The van der Waals surface area contributed by atoms with Gasteiger partial charge in [-0.1, -0.05) is 15.9 Å². The highest BCUT2D eigenvalue weighted by Gasteiger charge is 2.23. The summed E-state index contributed by atoms with van der Waals surface area (Å²) in [4.78, 5) is 38.5. The Hall–Kier alpha value is -2.61. The normalized spacial score (nSPS) is 10.2. The molecule has 0 saturated heterocycles. The van der Waals surface area contributed by atoms with Gasteiger partial charge in [0.25, 0.3) is 5.91 Å². The van der Waals surface area contributed by atoms with Crippen molar-refractivity contribution in [2.75, 3.05) is 19.0 Å². The Morgan fingerprint density at radius 2 is 1.76 bits per heavy atom. The zero-order valence-corrected chi connectivity index (χ0v) is 15.5. The number of nitrogens with one attached hydrogen (secondary N) is 2. The van der Waals surface area contributed by atoms with Crippen molar-refractivity contribution in [1.29, 1.82) is 0 Å². The van der Waals surface area contributed by atoms with Gasteiger partial charge in [-0.2, -0.15) is 0 Å². The molecule has 1 heterocycles. The van der Waals surface area contributed by atoms with Crippen molar-refractivity contribution in [2.45, 2.75) is 13.8 Å². The van der Waals surface area contributed by atoms with Crippen molar-refractivity contribution in [2.24, 2.45) is 0 Å². The molecule has 1 amide bonds. The summed E-state index contributed by atoms with van der Waals surface area (Å²) in [6.45, 7) is 2.81. The maximum absolute atomic E-state index is 12.2. The number of halogens is 1. The van der Waals surface area contributed by atoms with Gasteiger partial charge in [0.1, 0.15) is 5.69 Å². The minimum atomic E-state index is -0.721. The lowest BCUT2D eigenvalue weighted by Gasteiger charge is -2.06. The summed E-state index contributed by atoms with van der Waals surface area (Å²) >= 11 is 3.30. The first-order valence-electron chi connectivity index (χ1n) is 7.33. The fraction of sp³-hybridized carbons (Fsp3) is 0.235. The molecule has 1 aromatic heterocycles. The van der Waals surface area contributed by atoms with E-state index in [9.17, 15) is 14.4 Å². The van der Waals surface area contributed by atoms with Crippen LogP contribution >= 0.6 is 15.9 Å². The highest BCUT2D eigenvalue weighted by atomic mass is 79.9. The molecular weight excluding hydrogens is 392 g/mol. The molecule has 0 bridgehead atoms. The first-order chi connectivity index (χ1) is 11.8. The van der Waals surface area contributed by atoms with Crippen molar-refractivity contribution in [3.05, 3.63) is 51.3 Å². The molecule has 0 aliphatic heterocycles. The van der Waals surface area contributed by atoms with Gasteiger partial charge in [-0.05, 0) is 43.7 Å². The smallest absolute Gasteiger partial charge is 0.355 e. The van der Waals surface area contributed by atoms with Crippen molar-refractivity contribution in [3.8, 4) is 0 Å². The standard InChI is InChI=1S/C17H17BrN2O5/c1-9-14(16(22)24-3)10(2)19-15(9)17(23)25-8-13(21)20-12-6-4-11(18)5-7-12/h4-7,19H,8H2,1-3H3,(H,20,21). The fourth-order valence-corrected chi connectivity index (χ4v) is 2.56. The number of benzene rings is 1. The minimum absolute atomic E-state index is 0.120. The highest BCUT2D eigenvalue weighted by Crippen LogP contribution is 2.19. The van der Waals surface area contributed by atoms with Gasteiger partial charge in [-0.25, -0.2) is 9.59 Å².